The van der Waals surface area contributed by atoms with Gasteiger partial charge in [-0.3, -0.25) is 9.67 Å². The molecule has 96 valence electrons. The van der Waals surface area contributed by atoms with Crippen LogP contribution in [0.25, 0.3) is 0 Å². The van der Waals surface area contributed by atoms with Gasteiger partial charge in [-0.2, -0.15) is 5.10 Å². The van der Waals surface area contributed by atoms with Crippen molar-refractivity contribution in [2.75, 3.05) is 17.2 Å². The summed E-state index contributed by atoms with van der Waals surface area (Å²) in [4.78, 5) is 12.6. The molecule has 0 atom stereocenters. The lowest BCUT2D eigenvalue weighted by atomic mass is 10.5. The molecule has 18 heavy (non-hydrogen) atoms. The normalized spacial score (nSPS) is 10.3. The van der Waals surface area contributed by atoms with Gasteiger partial charge in [0.05, 0.1) is 18.9 Å². The third-order valence-electron chi connectivity index (χ3n) is 2.27. The number of nitrogens with zero attached hydrogens (tertiary/aromatic N) is 5. The predicted molar refractivity (Wildman–Crippen MR) is 69.1 cm³/mol. The Hall–Kier alpha value is -2.18. The Labute approximate surface area is 106 Å². The van der Waals surface area contributed by atoms with Crippen LogP contribution in [0.2, 0.25) is 0 Å². The van der Waals surface area contributed by atoms with Crippen LogP contribution in [0.5, 0.6) is 0 Å². The van der Waals surface area contributed by atoms with Gasteiger partial charge in [0.1, 0.15) is 18.0 Å². The standard InChI is InChI=1S/C11H17N7/c1-3-4-13-9-5-12-6-10(16-9)14-7-11-15-8-18(2)17-11/h5-6,8H,3-4,7H2,1-2H3,(H2,13,14,16). The number of hydrogen-bond donors (Lipinski definition) is 2. The van der Waals surface area contributed by atoms with Gasteiger partial charge in [-0.1, -0.05) is 6.92 Å². The third-order valence-corrected chi connectivity index (χ3v) is 2.27. The van der Waals surface area contributed by atoms with E-state index in [9.17, 15) is 0 Å². The van der Waals surface area contributed by atoms with Crippen molar-refractivity contribution in [3.05, 3.63) is 24.5 Å². The summed E-state index contributed by atoms with van der Waals surface area (Å²) < 4.78 is 1.67. The van der Waals surface area contributed by atoms with E-state index in [0.717, 1.165) is 24.6 Å². The third kappa shape index (κ3) is 3.41. The van der Waals surface area contributed by atoms with Crippen LogP contribution in [0, 0.1) is 0 Å². The number of hydrogen-bond acceptors (Lipinski definition) is 6. The number of aromatic nitrogens is 5. The zero-order valence-electron chi connectivity index (χ0n) is 10.6. The van der Waals surface area contributed by atoms with E-state index in [1.54, 1.807) is 23.4 Å². The molecule has 2 aromatic heterocycles. The summed E-state index contributed by atoms with van der Waals surface area (Å²) in [6.45, 7) is 3.53. The van der Waals surface area contributed by atoms with E-state index in [1.165, 1.54) is 0 Å². The van der Waals surface area contributed by atoms with E-state index in [4.69, 9.17) is 0 Å². The maximum atomic E-state index is 4.39. The molecule has 2 heterocycles. The van der Waals surface area contributed by atoms with Crippen LogP contribution in [0.1, 0.15) is 19.2 Å². The topological polar surface area (TPSA) is 80.5 Å². The Morgan fingerprint density at radius 1 is 1.22 bits per heavy atom. The first-order valence-corrected chi connectivity index (χ1v) is 5.92. The molecule has 0 aliphatic rings. The second kappa shape index (κ2) is 5.95. The Morgan fingerprint density at radius 3 is 2.67 bits per heavy atom. The van der Waals surface area contributed by atoms with Crippen LogP contribution >= 0.6 is 0 Å². The first kappa shape index (κ1) is 12.3. The molecule has 0 fully saturated rings. The van der Waals surface area contributed by atoms with Gasteiger partial charge in [0, 0.05) is 13.6 Å². The fraction of sp³-hybridized carbons (Fsp3) is 0.455. The Bertz CT molecular complexity index is 494. The minimum atomic E-state index is 0.534. The SMILES string of the molecule is CCCNc1cncc(NCc2ncn(C)n2)n1. The van der Waals surface area contributed by atoms with Gasteiger partial charge in [0.15, 0.2) is 5.82 Å². The van der Waals surface area contributed by atoms with Crippen LogP contribution in [-0.4, -0.2) is 31.3 Å². The maximum absolute atomic E-state index is 4.39. The molecule has 2 aromatic rings. The highest BCUT2D eigenvalue weighted by atomic mass is 15.3. The van der Waals surface area contributed by atoms with Gasteiger partial charge in [0.2, 0.25) is 0 Å². The van der Waals surface area contributed by atoms with Crippen LogP contribution in [-0.2, 0) is 13.6 Å². The van der Waals surface area contributed by atoms with E-state index >= 15 is 0 Å². The van der Waals surface area contributed by atoms with Gasteiger partial charge >= 0.3 is 0 Å². The van der Waals surface area contributed by atoms with E-state index in [1.807, 2.05) is 7.05 Å². The van der Waals surface area contributed by atoms with Crippen molar-refractivity contribution < 1.29 is 0 Å². The minimum absolute atomic E-state index is 0.534. The maximum Gasteiger partial charge on any atom is 0.169 e. The first-order valence-electron chi connectivity index (χ1n) is 5.92. The summed E-state index contributed by atoms with van der Waals surface area (Å²) >= 11 is 0. The molecule has 0 aliphatic heterocycles. The quantitative estimate of drug-likeness (QED) is 0.794. The van der Waals surface area contributed by atoms with Crippen molar-refractivity contribution in [3.8, 4) is 0 Å². The lowest BCUT2D eigenvalue weighted by Gasteiger charge is -2.06. The average Bonchev–Trinajstić information content (AvgIpc) is 2.80. The fourth-order valence-corrected chi connectivity index (χ4v) is 1.42. The van der Waals surface area contributed by atoms with Crippen molar-refractivity contribution >= 4 is 11.6 Å². The lowest BCUT2D eigenvalue weighted by Crippen LogP contribution is -2.07. The molecule has 2 rings (SSSR count). The highest BCUT2D eigenvalue weighted by Gasteiger charge is 2.01. The molecule has 0 radical (unpaired) electrons. The second-order valence-corrected chi connectivity index (χ2v) is 3.90. The van der Waals surface area contributed by atoms with Crippen LogP contribution in [0.15, 0.2) is 18.7 Å². The Balaban J connectivity index is 1.92. The molecular weight excluding hydrogens is 230 g/mol. The monoisotopic (exact) mass is 247 g/mol. The summed E-state index contributed by atoms with van der Waals surface area (Å²) in [5.41, 5.74) is 0. The van der Waals surface area contributed by atoms with Gasteiger partial charge in [-0.25, -0.2) is 9.97 Å². The number of rotatable bonds is 6. The molecule has 0 aromatic carbocycles. The van der Waals surface area contributed by atoms with Crippen LogP contribution in [0.3, 0.4) is 0 Å². The molecule has 0 amide bonds. The zero-order valence-corrected chi connectivity index (χ0v) is 10.6. The number of aryl methyl sites for hydroxylation is 1. The van der Waals surface area contributed by atoms with Crippen molar-refractivity contribution in [2.24, 2.45) is 7.05 Å². The Kier molecular flexibility index (Phi) is 4.06. The predicted octanol–water partition coefficient (Wildman–Crippen LogP) is 1.04. The zero-order chi connectivity index (χ0) is 12.8. The fourth-order valence-electron chi connectivity index (χ4n) is 1.42. The highest BCUT2D eigenvalue weighted by Crippen LogP contribution is 2.07. The van der Waals surface area contributed by atoms with Gasteiger partial charge in [0.25, 0.3) is 0 Å². The summed E-state index contributed by atoms with van der Waals surface area (Å²) in [5.74, 6) is 2.21. The van der Waals surface area contributed by atoms with Crippen molar-refractivity contribution in [3.63, 3.8) is 0 Å². The van der Waals surface area contributed by atoms with E-state index in [0.29, 0.717) is 12.4 Å². The average molecular weight is 247 g/mol. The van der Waals surface area contributed by atoms with Crippen LogP contribution in [0.4, 0.5) is 11.6 Å². The molecule has 0 saturated heterocycles. The first-order chi connectivity index (χ1) is 8.78. The number of anilines is 2. The van der Waals surface area contributed by atoms with Crippen molar-refractivity contribution in [1.82, 2.24) is 24.7 Å². The second-order valence-electron chi connectivity index (χ2n) is 3.90. The summed E-state index contributed by atoms with van der Waals surface area (Å²) in [7, 11) is 1.84. The molecule has 7 nitrogen and oxygen atoms in total. The van der Waals surface area contributed by atoms with Crippen molar-refractivity contribution in [2.45, 2.75) is 19.9 Å². The minimum Gasteiger partial charge on any atom is -0.369 e. The number of nitrogens with one attached hydrogen (secondary N) is 2. The molecule has 0 spiro atoms. The van der Waals surface area contributed by atoms with Gasteiger partial charge < -0.3 is 10.6 Å². The lowest BCUT2D eigenvalue weighted by molar-refractivity contribution is 0.747. The van der Waals surface area contributed by atoms with E-state index in [-0.39, 0.29) is 0 Å². The summed E-state index contributed by atoms with van der Waals surface area (Å²) in [6, 6.07) is 0. The summed E-state index contributed by atoms with van der Waals surface area (Å²) in [6.07, 6.45) is 6.11. The molecule has 7 heteroatoms. The van der Waals surface area contributed by atoms with Gasteiger partial charge in [-0.05, 0) is 6.42 Å². The molecule has 0 saturated carbocycles. The van der Waals surface area contributed by atoms with Crippen LogP contribution < -0.4 is 10.6 Å². The Morgan fingerprint density at radius 2 is 2.00 bits per heavy atom. The highest BCUT2D eigenvalue weighted by molar-refractivity contribution is 5.41. The summed E-state index contributed by atoms with van der Waals surface area (Å²) in [5, 5.41) is 10.5. The smallest absolute Gasteiger partial charge is 0.169 e. The van der Waals surface area contributed by atoms with E-state index in [2.05, 4.69) is 37.6 Å². The van der Waals surface area contributed by atoms with E-state index < -0.39 is 0 Å². The molecular formula is C11H17N7. The van der Waals surface area contributed by atoms with Gasteiger partial charge in [-0.15, -0.1) is 0 Å². The molecule has 0 unspecified atom stereocenters. The molecule has 0 bridgehead atoms. The molecule has 0 aliphatic carbocycles. The largest absolute Gasteiger partial charge is 0.369 e. The van der Waals surface area contributed by atoms with Crippen molar-refractivity contribution in [1.29, 1.82) is 0 Å². The molecule has 2 N–H and O–H groups in total.